The molecule has 6 aromatic carbocycles. The Hall–Kier alpha value is -4.68. The predicted molar refractivity (Wildman–Crippen MR) is 243 cm³/mol. The smallest absolute Gasteiger partial charge is 0.0201 e. The molecule has 0 heteroatoms. The Morgan fingerprint density at radius 2 is 0.466 bits per heavy atom. The zero-order chi connectivity index (χ0) is 40.8. The number of hydrogen-bond acceptors (Lipinski definition) is 0. The molecule has 0 N–H and O–H groups in total. The standard InChI is InChI=1S/2C29H30/c2*1-14-8-9-15(2)21-20(14)25-24-18(5)12-13-19(6)26(24)29(7)27(21)22-16(3)10-11-17(4)23(22)28(25)29/h2*8-13,25,27-28H,1-7H3/t2*25-,27-,28-,29-/m00/s1. The van der Waals surface area contributed by atoms with Crippen molar-refractivity contribution in [2.45, 2.75) is 143 Å². The fourth-order valence-electron chi connectivity index (χ4n) is 15.5. The van der Waals surface area contributed by atoms with Crippen LogP contribution in [-0.2, 0) is 10.8 Å². The molecule has 292 valence electrons. The van der Waals surface area contributed by atoms with Crippen LogP contribution in [0.1, 0.15) is 183 Å². The largest absolute Gasteiger partial charge is 0.0588 e. The number of benzene rings is 6. The van der Waals surface area contributed by atoms with Crippen molar-refractivity contribution in [3.63, 3.8) is 0 Å². The third kappa shape index (κ3) is 3.95. The molecule has 0 radical (unpaired) electrons. The van der Waals surface area contributed by atoms with E-state index >= 15 is 0 Å². The van der Waals surface area contributed by atoms with Crippen LogP contribution < -0.4 is 0 Å². The molecule has 0 saturated heterocycles. The number of rotatable bonds is 0. The third-order valence-corrected chi connectivity index (χ3v) is 17.5. The summed E-state index contributed by atoms with van der Waals surface area (Å²) in [6, 6.07) is 28.4. The van der Waals surface area contributed by atoms with E-state index < -0.39 is 0 Å². The maximum atomic E-state index is 2.59. The van der Waals surface area contributed by atoms with Gasteiger partial charge >= 0.3 is 0 Å². The molecule has 8 atom stereocenters. The third-order valence-electron chi connectivity index (χ3n) is 17.5. The van der Waals surface area contributed by atoms with Crippen LogP contribution >= 0.6 is 0 Å². The van der Waals surface area contributed by atoms with Crippen molar-refractivity contribution >= 4 is 0 Å². The summed E-state index contributed by atoms with van der Waals surface area (Å²) in [5.41, 5.74) is 37.8. The Labute approximate surface area is 348 Å². The molecule has 0 aliphatic heterocycles. The normalized spacial score (nSPS) is 27.6. The minimum Gasteiger partial charge on any atom is -0.0588 e. The average molecular weight is 757 g/mol. The van der Waals surface area contributed by atoms with Crippen molar-refractivity contribution in [3.8, 4) is 0 Å². The lowest BCUT2D eigenvalue weighted by Crippen LogP contribution is -2.35. The second-order valence-electron chi connectivity index (χ2n) is 20.4. The van der Waals surface area contributed by atoms with E-state index in [0.717, 1.165) is 0 Å². The van der Waals surface area contributed by atoms with Crippen molar-refractivity contribution in [1.82, 2.24) is 0 Å². The van der Waals surface area contributed by atoms with Crippen LogP contribution in [0.5, 0.6) is 0 Å². The van der Waals surface area contributed by atoms with E-state index in [-0.39, 0.29) is 10.8 Å². The molecule has 58 heavy (non-hydrogen) atoms. The summed E-state index contributed by atoms with van der Waals surface area (Å²) in [6.07, 6.45) is 0. The maximum Gasteiger partial charge on any atom is 0.0201 e. The molecule has 0 aromatic heterocycles. The molecule has 6 aliphatic carbocycles. The van der Waals surface area contributed by atoms with E-state index in [1.54, 1.807) is 66.8 Å². The van der Waals surface area contributed by atoms with Crippen molar-refractivity contribution in [2.75, 3.05) is 0 Å². The van der Waals surface area contributed by atoms with Crippen LogP contribution in [0.4, 0.5) is 0 Å². The number of hydrogen-bond donors (Lipinski definition) is 0. The summed E-state index contributed by atoms with van der Waals surface area (Å²) in [5, 5.41) is 0. The van der Waals surface area contributed by atoms with Crippen LogP contribution in [0.25, 0.3) is 0 Å². The highest BCUT2D eigenvalue weighted by molar-refractivity contribution is 5.77. The molecule has 8 bridgehead atoms. The SMILES string of the molecule is Cc1ccc(C)c2c1[C@H]1c3c(C)ccc(C)c3[C@@]3(C)[C@@H]2c2c(C)ccc(C)c2[C@@H]13.Cc1ccc(C)c2c1[C@H]1c3c(C)ccc(C)c3[C@@]3(C)[C@@H]2c2c(C)ccc(C)c2[C@@H]13. The first-order valence-electron chi connectivity index (χ1n) is 22.2. The lowest BCUT2D eigenvalue weighted by Gasteiger charge is -2.42. The summed E-state index contributed by atoms with van der Waals surface area (Å²) in [6.45, 7) is 33.3. The van der Waals surface area contributed by atoms with Gasteiger partial charge in [0.2, 0.25) is 0 Å². The minimum absolute atomic E-state index is 0.154. The summed E-state index contributed by atoms with van der Waals surface area (Å²) in [5.74, 6) is 3.03. The maximum absolute atomic E-state index is 2.59. The van der Waals surface area contributed by atoms with E-state index in [1.807, 2.05) is 0 Å². The summed E-state index contributed by atoms with van der Waals surface area (Å²) >= 11 is 0. The zero-order valence-electron chi connectivity index (χ0n) is 37.4. The summed E-state index contributed by atoms with van der Waals surface area (Å²) < 4.78 is 0. The highest BCUT2D eigenvalue weighted by atomic mass is 14.7. The molecule has 0 saturated carbocycles. The Balaban J connectivity index is 0.000000133. The first-order valence-corrected chi connectivity index (χ1v) is 22.2. The quantitative estimate of drug-likeness (QED) is 0.145. The van der Waals surface area contributed by atoms with Gasteiger partial charge in [-0.15, -0.1) is 0 Å². The van der Waals surface area contributed by atoms with Crippen molar-refractivity contribution < 1.29 is 0 Å². The van der Waals surface area contributed by atoms with Crippen molar-refractivity contribution in [3.05, 3.63) is 206 Å². The Morgan fingerprint density at radius 1 is 0.259 bits per heavy atom. The van der Waals surface area contributed by atoms with Crippen LogP contribution in [0.15, 0.2) is 72.8 Å². The van der Waals surface area contributed by atoms with Gasteiger partial charge in [0.05, 0.1) is 0 Å². The van der Waals surface area contributed by atoms with Crippen molar-refractivity contribution in [2.24, 2.45) is 0 Å². The van der Waals surface area contributed by atoms with Gasteiger partial charge in [-0.05, 0) is 217 Å². The Bertz CT molecular complexity index is 2680. The van der Waals surface area contributed by atoms with Gasteiger partial charge in [-0.25, -0.2) is 0 Å². The first-order chi connectivity index (χ1) is 27.6. The molecular formula is C58H60. The van der Waals surface area contributed by atoms with Crippen molar-refractivity contribution in [1.29, 1.82) is 0 Å². The molecule has 0 spiro atoms. The van der Waals surface area contributed by atoms with Gasteiger partial charge in [0.25, 0.3) is 0 Å². The van der Waals surface area contributed by atoms with Gasteiger partial charge in [0.1, 0.15) is 0 Å². The summed E-state index contributed by atoms with van der Waals surface area (Å²) in [7, 11) is 0. The average Bonchev–Trinajstić information content (AvgIpc) is 3.66. The van der Waals surface area contributed by atoms with E-state index in [0.29, 0.717) is 35.5 Å². The monoisotopic (exact) mass is 756 g/mol. The van der Waals surface area contributed by atoms with E-state index in [1.165, 1.54) is 66.8 Å². The molecule has 0 unspecified atom stereocenters. The molecule has 0 heterocycles. The van der Waals surface area contributed by atoms with Crippen LogP contribution in [0.3, 0.4) is 0 Å². The molecular weight excluding hydrogens is 697 g/mol. The van der Waals surface area contributed by atoms with Crippen LogP contribution in [0.2, 0.25) is 0 Å². The van der Waals surface area contributed by atoms with Gasteiger partial charge in [0.15, 0.2) is 0 Å². The summed E-state index contributed by atoms with van der Waals surface area (Å²) in [4.78, 5) is 0. The highest BCUT2D eigenvalue weighted by Crippen LogP contribution is 2.77. The number of aryl methyl sites for hydroxylation is 12. The molecule has 0 nitrogen and oxygen atoms in total. The van der Waals surface area contributed by atoms with Crippen LogP contribution in [-0.4, -0.2) is 0 Å². The topological polar surface area (TPSA) is 0 Å². The fraction of sp³-hybridized carbons (Fsp3) is 0.379. The van der Waals surface area contributed by atoms with Gasteiger partial charge < -0.3 is 0 Å². The van der Waals surface area contributed by atoms with Gasteiger partial charge in [0, 0.05) is 46.3 Å². The predicted octanol–water partition coefficient (Wildman–Crippen LogP) is 14.4. The van der Waals surface area contributed by atoms with E-state index in [4.69, 9.17) is 0 Å². The lowest BCUT2D eigenvalue weighted by molar-refractivity contribution is 0.356. The Kier molecular flexibility index (Phi) is 7.24. The van der Waals surface area contributed by atoms with Gasteiger partial charge in [-0.3, -0.25) is 0 Å². The molecule has 12 rings (SSSR count). The van der Waals surface area contributed by atoms with Gasteiger partial charge in [-0.1, -0.05) is 86.6 Å². The lowest BCUT2D eigenvalue weighted by atomic mass is 9.60. The highest BCUT2D eigenvalue weighted by Gasteiger charge is 2.67. The fourth-order valence-corrected chi connectivity index (χ4v) is 15.5. The minimum atomic E-state index is 0.154. The second-order valence-corrected chi connectivity index (χ2v) is 20.4. The Morgan fingerprint density at radius 3 is 0.759 bits per heavy atom. The van der Waals surface area contributed by atoms with E-state index in [2.05, 4.69) is 170 Å². The van der Waals surface area contributed by atoms with E-state index in [9.17, 15) is 0 Å². The molecule has 0 amide bonds. The molecule has 6 aliphatic rings. The molecule has 6 aromatic rings. The number of fused-ring (bicyclic) bond motifs is 14. The zero-order valence-corrected chi connectivity index (χ0v) is 37.4. The van der Waals surface area contributed by atoms with Crippen LogP contribution in [0, 0.1) is 83.1 Å². The van der Waals surface area contributed by atoms with Gasteiger partial charge in [-0.2, -0.15) is 0 Å². The first kappa shape index (κ1) is 36.4. The second kappa shape index (κ2) is 11.5. The molecule has 0 fully saturated rings.